The van der Waals surface area contributed by atoms with E-state index in [9.17, 15) is 9.59 Å². The highest BCUT2D eigenvalue weighted by atomic mass is 35.5. The molecular formula is C19H28ClN3O3. The highest BCUT2D eigenvalue weighted by Crippen LogP contribution is 2.26. The first-order valence-electron chi connectivity index (χ1n) is 8.77. The number of halogens is 1. The lowest BCUT2D eigenvalue weighted by atomic mass is 10.0. The topological polar surface area (TPSA) is 53.1 Å². The highest BCUT2D eigenvalue weighted by molar-refractivity contribution is 6.30. The van der Waals surface area contributed by atoms with E-state index in [2.05, 4.69) is 4.90 Å². The third-order valence-corrected chi connectivity index (χ3v) is 4.44. The zero-order valence-corrected chi connectivity index (χ0v) is 16.9. The number of piperazine rings is 1. The average Bonchev–Trinajstić information content (AvgIpc) is 2.55. The Kier molecular flexibility index (Phi) is 6.53. The molecule has 6 nitrogen and oxygen atoms in total. The van der Waals surface area contributed by atoms with Crippen LogP contribution in [-0.4, -0.2) is 72.6 Å². The largest absolute Gasteiger partial charge is 0.444 e. The smallest absolute Gasteiger partial charge is 0.410 e. The SMILES string of the molecule is CN(C)C(=O)C(c1ccc(Cl)cc1)N1CCN(C(=O)OC(C)(C)C)CC1. The van der Waals surface area contributed by atoms with Crippen molar-refractivity contribution in [3.63, 3.8) is 0 Å². The number of hydrogen-bond donors (Lipinski definition) is 0. The van der Waals surface area contributed by atoms with Crippen LogP contribution in [0.2, 0.25) is 5.02 Å². The van der Waals surface area contributed by atoms with Crippen molar-refractivity contribution in [2.75, 3.05) is 40.3 Å². The maximum Gasteiger partial charge on any atom is 0.410 e. The van der Waals surface area contributed by atoms with Crippen molar-refractivity contribution in [1.82, 2.24) is 14.7 Å². The molecule has 0 saturated carbocycles. The van der Waals surface area contributed by atoms with Gasteiger partial charge in [-0.2, -0.15) is 0 Å². The number of nitrogens with zero attached hydrogens (tertiary/aromatic N) is 3. The summed E-state index contributed by atoms with van der Waals surface area (Å²) in [6.45, 7) is 7.83. The third kappa shape index (κ3) is 5.35. The minimum Gasteiger partial charge on any atom is -0.444 e. The minimum atomic E-state index is -0.513. The number of ether oxygens (including phenoxy) is 1. The summed E-state index contributed by atoms with van der Waals surface area (Å²) in [6.07, 6.45) is -0.306. The van der Waals surface area contributed by atoms with Crippen molar-refractivity contribution in [3.05, 3.63) is 34.9 Å². The molecule has 1 atom stereocenters. The summed E-state index contributed by atoms with van der Waals surface area (Å²) < 4.78 is 5.44. The Hall–Kier alpha value is -1.79. The molecule has 1 saturated heterocycles. The van der Waals surface area contributed by atoms with Gasteiger partial charge < -0.3 is 14.5 Å². The first kappa shape index (κ1) is 20.5. The van der Waals surface area contributed by atoms with E-state index in [-0.39, 0.29) is 18.0 Å². The Balaban J connectivity index is 2.10. The van der Waals surface area contributed by atoms with Gasteiger partial charge in [0.1, 0.15) is 11.6 Å². The second kappa shape index (κ2) is 8.27. The maximum atomic E-state index is 12.8. The standard InChI is InChI=1S/C19H28ClN3O3/c1-19(2,3)26-18(25)23-12-10-22(11-13-23)16(17(24)21(4)5)14-6-8-15(20)9-7-14/h6-9,16H,10-13H2,1-5H3. The van der Waals surface area contributed by atoms with Gasteiger partial charge in [-0.15, -0.1) is 0 Å². The van der Waals surface area contributed by atoms with Gasteiger partial charge in [-0.25, -0.2) is 4.79 Å². The van der Waals surface area contributed by atoms with Crippen molar-refractivity contribution < 1.29 is 14.3 Å². The number of likely N-dealkylation sites (N-methyl/N-ethyl adjacent to an activating group) is 1. The van der Waals surface area contributed by atoms with Crippen LogP contribution in [0.4, 0.5) is 4.79 Å². The number of rotatable bonds is 3. The minimum absolute atomic E-state index is 0.0121. The van der Waals surface area contributed by atoms with Gasteiger partial charge >= 0.3 is 6.09 Å². The summed E-state index contributed by atoms with van der Waals surface area (Å²) in [5.74, 6) is 0.0121. The maximum absolute atomic E-state index is 12.8. The molecule has 0 N–H and O–H groups in total. The molecule has 2 rings (SSSR count). The molecule has 1 aliphatic rings. The van der Waals surface area contributed by atoms with Gasteiger partial charge in [0, 0.05) is 45.3 Å². The molecule has 0 spiro atoms. The fourth-order valence-electron chi connectivity index (χ4n) is 2.89. The van der Waals surface area contributed by atoms with Crippen molar-refractivity contribution in [3.8, 4) is 0 Å². The molecule has 1 fully saturated rings. The molecule has 2 amide bonds. The monoisotopic (exact) mass is 381 g/mol. The zero-order chi connectivity index (χ0) is 19.5. The van der Waals surface area contributed by atoms with E-state index < -0.39 is 5.60 Å². The molecule has 144 valence electrons. The lowest BCUT2D eigenvalue weighted by Crippen LogP contribution is -2.53. The molecule has 0 bridgehead atoms. The van der Waals surface area contributed by atoms with Gasteiger partial charge in [-0.05, 0) is 38.5 Å². The predicted octanol–water partition coefficient (Wildman–Crippen LogP) is 3.02. The lowest BCUT2D eigenvalue weighted by molar-refractivity contribution is -0.135. The number of carbonyl (C=O) groups excluding carboxylic acids is 2. The van der Waals surface area contributed by atoms with Crippen LogP contribution in [0.15, 0.2) is 24.3 Å². The van der Waals surface area contributed by atoms with E-state index >= 15 is 0 Å². The highest BCUT2D eigenvalue weighted by Gasteiger charge is 2.33. The van der Waals surface area contributed by atoms with Crippen molar-refractivity contribution in [2.24, 2.45) is 0 Å². The van der Waals surface area contributed by atoms with E-state index in [0.717, 1.165) is 5.56 Å². The summed E-state index contributed by atoms with van der Waals surface area (Å²) in [5, 5.41) is 0.638. The van der Waals surface area contributed by atoms with Crippen LogP contribution in [0, 0.1) is 0 Å². The average molecular weight is 382 g/mol. The molecule has 0 radical (unpaired) electrons. The Morgan fingerprint density at radius 1 is 1.08 bits per heavy atom. The summed E-state index contributed by atoms with van der Waals surface area (Å²) in [7, 11) is 3.50. The number of hydrogen-bond acceptors (Lipinski definition) is 4. The first-order valence-corrected chi connectivity index (χ1v) is 9.15. The second-order valence-corrected chi connectivity index (χ2v) is 8.13. The number of amides is 2. The molecule has 1 aliphatic heterocycles. The van der Waals surface area contributed by atoms with E-state index in [1.165, 1.54) is 0 Å². The Morgan fingerprint density at radius 2 is 1.62 bits per heavy atom. The molecule has 1 aromatic rings. The van der Waals surface area contributed by atoms with E-state index in [0.29, 0.717) is 31.2 Å². The van der Waals surface area contributed by atoms with Crippen LogP contribution in [0.25, 0.3) is 0 Å². The van der Waals surface area contributed by atoms with Crippen LogP contribution in [0.3, 0.4) is 0 Å². The van der Waals surface area contributed by atoms with Crippen LogP contribution >= 0.6 is 11.6 Å². The lowest BCUT2D eigenvalue weighted by Gasteiger charge is -2.39. The molecule has 0 aromatic heterocycles. The zero-order valence-electron chi connectivity index (χ0n) is 16.2. The quantitative estimate of drug-likeness (QED) is 0.807. The van der Waals surface area contributed by atoms with Gasteiger partial charge in [0.25, 0.3) is 0 Å². The van der Waals surface area contributed by atoms with Crippen LogP contribution < -0.4 is 0 Å². The van der Waals surface area contributed by atoms with Gasteiger partial charge in [-0.1, -0.05) is 23.7 Å². The fourth-order valence-corrected chi connectivity index (χ4v) is 3.01. The van der Waals surface area contributed by atoms with Crippen LogP contribution in [-0.2, 0) is 9.53 Å². The van der Waals surface area contributed by atoms with Crippen molar-refractivity contribution >= 4 is 23.6 Å². The molecule has 1 aromatic carbocycles. The summed E-state index contributed by atoms with van der Waals surface area (Å²) >= 11 is 5.98. The van der Waals surface area contributed by atoms with Crippen LogP contribution in [0.5, 0.6) is 0 Å². The van der Waals surface area contributed by atoms with E-state index in [1.54, 1.807) is 36.0 Å². The fraction of sp³-hybridized carbons (Fsp3) is 0.579. The first-order chi connectivity index (χ1) is 12.1. The van der Waals surface area contributed by atoms with Crippen LogP contribution in [0.1, 0.15) is 32.4 Å². The Morgan fingerprint density at radius 3 is 2.08 bits per heavy atom. The third-order valence-electron chi connectivity index (χ3n) is 4.19. The van der Waals surface area contributed by atoms with Gasteiger partial charge in [0.15, 0.2) is 0 Å². The second-order valence-electron chi connectivity index (χ2n) is 7.69. The number of carbonyl (C=O) groups is 2. The summed E-state index contributed by atoms with van der Waals surface area (Å²) in [5.41, 5.74) is 0.389. The molecular weight excluding hydrogens is 354 g/mol. The summed E-state index contributed by atoms with van der Waals surface area (Å²) in [6, 6.07) is 6.97. The Labute approximate surface area is 160 Å². The molecule has 0 aliphatic carbocycles. The molecule has 26 heavy (non-hydrogen) atoms. The molecule has 7 heteroatoms. The van der Waals surface area contributed by atoms with Crippen molar-refractivity contribution in [1.29, 1.82) is 0 Å². The number of benzene rings is 1. The summed E-state index contributed by atoms with van der Waals surface area (Å²) in [4.78, 5) is 30.4. The Bertz CT molecular complexity index is 632. The molecule has 1 heterocycles. The predicted molar refractivity (Wildman–Crippen MR) is 102 cm³/mol. The normalized spacial score (nSPS) is 16.9. The molecule has 1 unspecified atom stereocenters. The van der Waals surface area contributed by atoms with E-state index in [1.807, 2.05) is 32.9 Å². The van der Waals surface area contributed by atoms with Gasteiger partial charge in [0.05, 0.1) is 0 Å². The van der Waals surface area contributed by atoms with Gasteiger partial charge in [0.2, 0.25) is 5.91 Å². The van der Waals surface area contributed by atoms with Crippen molar-refractivity contribution in [2.45, 2.75) is 32.4 Å². The van der Waals surface area contributed by atoms with Gasteiger partial charge in [-0.3, -0.25) is 9.69 Å². The van der Waals surface area contributed by atoms with E-state index in [4.69, 9.17) is 16.3 Å².